The Labute approximate surface area is 99.8 Å². The number of hydrogen-bond donors (Lipinski definition) is 1. The van der Waals surface area contributed by atoms with Crippen LogP contribution in [-0.2, 0) is 11.3 Å². The molecule has 2 aliphatic heterocycles. The SMILES string of the molecule is O[C@H]1CO[C@H]2C1N(Cc1ccccc1)C[C@H]2F. The first-order valence-electron chi connectivity index (χ1n) is 5.97. The second kappa shape index (κ2) is 4.37. The van der Waals surface area contributed by atoms with Gasteiger partial charge in [0.2, 0.25) is 0 Å². The third kappa shape index (κ3) is 1.97. The maximum Gasteiger partial charge on any atom is 0.140 e. The fourth-order valence-electron chi connectivity index (χ4n) is 2.83. The number of ether oxygens (including phenoxy) is 1. The lowest BCUT2D eigenvalue weighted by atomic mass is 10.1. The lowest BCUT2D eigenvalue weighted by Gasteiger charge is -2.24. The van der Waals surface area contributed by atoms with E-state index < -0.39 is 18.4 Å². The molecule has 1 unspecified atom stereocenters. The number of halogens is 1. The minimum absolute atomic E-state index is 0.190. The molecule has 0 radical (unpaired) electrons. The molecule has 3 nitrogen and oxygen atoms in total. The Kier molecular flexibility index (Phi) is 2.86. The Hall–Kier alpha value is -0.970. The summed E-state index contributed by atoms with van der Waals surface area (Å²) < 4.78 is 19.0. The summed E-state index contributed by atoms with van der Waals surface area (Å²) in [5.41, 5.74) is 1.14. The first kappa shape index (κ1) is 11.1. The highest BCUT2D eigenvalue weighted by molar-refractivity contribution is 5.16. The molecule has 0 aromatic heterocycles. The number of aliphatic hydroxyl groups excluding tert-OH is 1. The summed E-state index contributed by atoms with van der Waals surface area (Å²) in [6.45, 7) is 1.27. The van der Waals surface area contributed by atoms with Crippen molar-refractivity contribution in [1.29, 1.82) is 0 Å². The van der Waals surface area contributed by atoms with Gasteiger partial charge in [0, 0.05) is 13.1 Å². The van der Waals surface area contributed by atoms with Crippen LogP contribution in [0.1, 0.15) is 5.56 Å². The van der Waals surface area contributed by atoms with E-state index in [1.54, 1.807) is 0 Å². The molecule has 2 aliphatic rings. The summed E-state index contributed by atoms with van der Waals surface area (Å²) in [6, 6.07) is 9.74. The van der Waals surface area contributed by atoms with E-state index in [1.165, 1.54) is 0 Å². The fourth-order valence-corrected chi connectivity index (χ4v) is 2.83. The van der Waals surface area contributed by atoms with E-state index in [2.05, 4.69) is 0 Å². The number of benzene rings is 1. The Bertz CT molecular complexity index is 386. The molecule has 2 heterocycles. The quantitative estimate of drug-likeness (QED) is 0.832. The second-order valence-electron chi connectivity index (χ2n) is 4.79. The fraction of sp³-hybridized carbons (Fsp3) is 0.538. The number of hydrogen-bond acceptors (Lipinski definition) is 3. The van der Waals surface area contributed by atoms with Gasteiger partial charge in [0.05, 0.1) is 18.8 Å². The number of nitrogens with zero attached hydrogens (tertiary/aromatic N) is 1. The molecule has 17 heavy (non-hydrogen) atoms. The highest BCUT2D eigenvalue weighted by atomic mass is 19.1. The Morgan fingerprint density at radius 3 is 2.88 bits per heavy atom. The van der Waals surface area contributed by atoms with Crippen LogP contribution in [0.3, 0.4) is 0 Å². The van der Waals surface area contributed by atoms with Gasteiger partial charge in [-0.3, -0.25) is 4.90 Å². The third-order valence-electron chi connectivity index (χ3n) is 3.61. The van der Waals surface area contributed by atoms with Crippen LogP contribution in [0.4, 0.5) is 4.39 Å². The first-order chi connectivity index (χ1) is 8.25. The number of rotatable bonds is 2. The predicted molar refractivity (Wildman–Crippen MR) is 61.3 cm³/mol. The summed E-state index contributed by atoms with van der Waals surface area (Å²) >= 11 is 0. The van der Waals surface area contributed by atoms with E-state index in [4.69, 9.17) is 4.74 Å². The number of aliphatic hydroxyl groups is 1. The molecule has 4 heteroatoms. The maximum absolute atomic E-state index is 13.7. The van der Waals surface area contributed by atoms with E-state index in [9.17, 15) is 9.50 Å². The van der Waals surface area contributed by atoms with Gasteiger partial charge < -0.3 is 9.84 Å². The van der Waals surface area contributed by atoms with Gasteiger partial charge in [-0.25, -0.2) is 4.39 Å². The van der Waals surface area contributed by atoms with Crippen LogP contribution in [0.15, 0.2) is 30.3 Å². The molecule has 0 aliphatic carbocycles. The second-order valence-corrected chi connectivity index (χ2v) is 4.79. The van der Waals surface area contributed by atoms with Gasteiger partial charge >= 0.3 is 0 Å². The van der Waals surface area contributed by atoms with Gasteiger partial charge in [-0.05, 0) is 5.56 Å². The Balaban J connectivity index is 1.75. The van der Waals surface area contributed by atoms with Crippen molar-refractivity contribution in [2.75, 3.05) is 13.2 Å². The van der Waals surface area contributed by atoms with E-state index in [0.29, 0.717) is 13.1 Å². The van der Waals surface area contributed by atoms with E-state index in [0.717, 1.165) is 5.56 Å². The first-order valence-corrected chi connectivity index (χ1v) is 5.97. The van der Waals surface area contributed by atoms with Crippen molar-refractivity contribution in [2.45, 2.75) is 31.0 Å². The zero-order chi connectivity index (χ0) is 11.8. The average Bonchev–Trinajstić information content (AvgIpc) is 2.84. The molecule has 1 aromatic rings. The lowest BCUT2D eigenvalue weighted by Crippen LogP contribution is -2.40. The normalized spacial score (nSPS) is 37.3. The molecular formula is C13H16FNO2. The lowest BCUT2D eigenvalue weighted by molar-refractivity contribution is 0.0479. The maximum atomic E-state index is 13.7. The standard InChI is InChI=1S/C13H16FNO2/c14-10-7-15(6-9-4-2-1-3-5-9)12-11(16)8-17-13(10)12/h1-5,10-13,16H,6-8H2/t10-,11+,12?,13-/m1/s1. The van der Waals surface area contributed by atoms with Crippen molar-refractivity contribution >= 4 is 0 Å². The molecule has 0 amide bonds. The Morgan fingerprint density at radius 2 is 2.12 bits per heavy atom. The molecule has 2 saturated heterocycles. The summed E-state index contributed by atoms with van der Waals surface area (Å²) in [4.78, 5) is 1.99. The monoisotopic (exact) mass is 237 g/mol. The predicted octanol–water partition coefficient (Wildman–Crippen LogP) is 0.969. The highest BCUT2D eigenvalue weighted by Crippen LogP contribution is 2.32. The zero-order valence-electron chi connectivity index (χ0n) is 9.50. The van der Waals surface area contributed by atoms with Crippen LogP contribution in [0.25, 0.3) is 0 Å². The largest absolute Gasteiger partial charge is 0.389 e. The molecule has 2 fully saturated rings. The molecule has 0 spiro atoms. The minimum atomic E-state index is -0.985. The number of alkyl halides is 1. The van der Waals surface area contributed by atoms with Crippen LogP contribution >= 0.6 is 0 Å². The summed E-state index contributed by atoms with van der Waals surface area (Å²) in [5, 5.41) is 9.83. The van der Waals surface area contributed by atoms with E-state index >= 15 is 0 Å². The summed E-state index contributed by atoms with van der Waals surface area (Å²) in [5.74, 6) is 0. The van der Waals surface area contributed by atoms with Gasteiger partial charge in [0.25, 0.3) is 0 Å². The van der Waals surface area contributed by atoms with Gasteiger partial charge in [-0.1, -0.05) is 30.3 Å². The van der Waals surface area contributed by atoms with Crippen molar-refractivity contribution in [2.24, 2.45) is 0 Å². The smallest absolute Gasteiger partial charge is 0.140 e. The van der Waals surface area contributed by atoms with Crippen LogP contribution < -0.4 is 0 Å². The Morgan fingerprint density at radius 1 is 1.35 bits per heavy atom. The van der Waals surface area contributed by atoms with Gasteiger partial charge in [0.1, 0.15) is 12.3 Å². The van der Waals surface area contributed by atoms with Crippen molar-refractivity contribution in [3.05, 3.63) is 35.9 Å². The van der Waals surface area contributed by atoms with Gasteiger partial charge in [-0.15, -0.1) is 0 Å². The minimum Gasteiger partial charge on any atom is -0.389 e. The van der Waals surface area contributed by atoms with Crippen LogP contribution in [0.5, 0.6) is 0 Å². The van der Waals surface area contributed by atoms with Gasteiger partial charge in [0.15, 0.2) is 0 Å². The van der Waals surface area contributed by atoms with Crippen molar-refractivity contribution in [3.63, 3.8) is 0 Å². The summed E-state index contributed by atoms with van der Waals surface area (Å²) in [6.07, 6.45) is -2.00. The number of fused-ring (bicyclic) bond motifs is 1. The molecule has 1 aromatic carbocycles. The zero-order valence-corrected chi connectivity index (χ0v) is 9.50. The highest BCUT2D eigenvalue weighted by Gasteiger charge is 2.50. The molecule has 4 atom stereocenters. The van der Waals surface area contributed by atoms with Crippen LogP contribution in [0.2, 0.25) is 0 Å². The van der Waals surface area contributed by atoms with E-state index in [1.807, 2.05) is 35.2 Å². The number of likely N-dealkylation sites (tertiary alicyclic amines) is 1. The van der Waals surface area contributed by atoms with Crippen LogP contribution in [0, 0.1) is 0 Å². The van der Waals surface area contributed by atoms with Crippen molar-refractivity contribution in [3.8, 4) is 0 Å². The van der Waals surface area contributed by atoms with Crippen molar-refractivity contribution in [1.82, 2.24) is 4.90 Å². The summed E-state index contributed by atoms with van der Waals surface area (Å²) in [7, 11) is 0. The molecular weight excluding hydrogens is 221 g/mol. The molecule has 0 bridgehead atoms. The van der Waals surface area contributed by atoms with Crippen molar-refractivity contribution < 1.29 is 14.2 Å². The molecule has 3 rings (SSSR count). The van der Waals surface area contributed by atoms with Crippen LogP contribution in [-0.4, -0.2) is 47.6 Å². The molecule has 0 saturated carbocycles. The average molecular weight is 237 g/mol. The third-order valence-corrected chi connectivity index (χ3v) is 3.61. The van der Waals surface area contributed by atoms with Gasteiger partial charge in [-0.2, -0.15) is 0 Å². The van der Waals surface area contributed by atoms with E-state index in [-0.39, 0.29) is 12.6 Å². The topological polar surface area (TPSA) is 32.7 Å². The molecule has 1 N–H and O–H groups in total. The molecule has 92 valence electrons.